The molecule has 0 aliphatic heterocycles. The van der Waals surface area contributed by atoms with Crippen LogP contribution in [0.5, 0.6) is 0 Å². The average molecular weight is 284 g/mol. The molecule has 0 fully saturated rings. The van der Waals surface area contributed by atoms with Crippen molar-refractivity contribution in [2.45, 2.75) is 64.3 Å². The first-order valence-corrected chi connectivity index (χ1v) is 7.60. The lowest BCUT2D eigenvalue weighted by atomic mass is 9.99. The number of nitrogens with two attached hydrogens (primary N) is 1. The zero-order chi connectivity index (χ0) is 14.8. The molecule has 0 saturated heterocycles. The summed E-state index contributed by atoms with van der Waals surface area (Å²) in [5.74, 6) is 4.63. The Kier molecular flexibility index (Phi) is 8.38. The molecule has 1 rings (SSSR count). The molecular weight excluding hydrogens is 258 g/mol. The van der Waals surface area contributed by atoms with Gasteiger partial charge in [-0.15, -0.1) is 0 Å². The minimum absolute atomic E-state index is 0.318. The largest absolute Gasteiger partial charge is 0.271 e. The van der Waals surface area contributed by atoms with Crippen molar-refractivity contribution in [2.24, 2.45) is 5.84 Å². The molecule has 1 aromatic carbocycles. The number of rotatable bonds is 10. The van der Waals surface area contributed by atoms with Gasteiger partial charge in [0.25, 0.3) is 0 Å². The maximum absolute atomic E-state index is 13.7. The fraction of sp³-hybridized carbons (Fsp3) is 0.625. The second-order valence-corrected chi connectivity index (χ2v) is 5.30. The quantitative estimate of drug-likeness (QED) is 0.374. The van der Waals surface area contributed by atoms with E-state index in [1.54, 1.807) is 0 Å². The van der Waals surface area contributed by atoms with E-state index < -0.39 is 11.6 Å². The van der Waals surface area contributed by atoms with E-state index in [-0.39, 0.29) is 6.04 Å². The molecule has 2 nitrogen and oxygen atoms in total. The van der Waals surface area contributed by atoms with Gasteiger partial charge in [0.15, 0.2) is 0 Å². The van der Waals surface area contributed by atoms with Gasteiger partial charge in [-0.2, -0.15) is 0 Å². The molecule has 114 valence electrons. The van der Waals surface area contributed by atoms with Crippen molar-refractivity contribution in [1.29, 1.82) is 0 Å². The van der Waals surface area contributed by atoms with Crippen molar-refractivity contribution in [1.82, 2.24) is 5.43 Å². The standard InChI is InChI=1S/C16H26F2N2/c1-2-3-4-5-6-7-8-9-16(20-19)14-12-13(17)10-11-15(14)18/h10-12,16,20H,2-9,19H2,1H3. The van der Waals surface area contributed by atoms with Gasteiger partial charge in [0.2, 0.25) is 0 Å². The fourth-order valence-corrected chi connectivity index (χ4v) is 2.42. The van der Waals surface area contributed by atoms with Crippen LogP contribution in [0.15, 0.2) is 18.2 Å². The van der Waals surface area contributed by atoms with E-state index >= 15 is 0 Å². The highest BCUT2D eigenvalue weighted by atomic mass is 19.1. The van der Waals surface area contributed by atoms with Gasteiger partial charge in [-0.25, -0.2) is 8.78 Å². The molecule has 0 aliphatic rings. The van der Waals surface area contributed by atoms with Crippen LogP contribution >= 0.6 is 0 Å². The zero-order valence-electron chi connectivity index (χ0n) is 12.3. The highest BCUT2D eigenvalue weighted by Gasteiger charge is 2.14. The fourth-order valence-electron chi connectivity index (χ4n) is 2.42. The smallest absolute Gasteiger partial charge is 0.128 e. The molecule has 1 aromatic rings. The van der Waals surface area contributed by atoms with E-state index in [1.807, 2.05) is 0 Å². The van der Waals surface area contributed by atoms with E-state index in [4.69, 9.17) is 5.84 Å². The van der Waals surface area contributed by atoms with E-state index in [1.165, 1.54) is 38.2 Å². The Morgan fingerprint density at radius 3 is 2.35 bits per heavy atom. The van der Waals surface area contributed by atoms with Crippen molar-refractivity contribution in [2.75, 3.05) is 0 Å². The summed E-state index contributed by atoms with van der Waals surface area (Å²) in [7, 11) is 0. The number of halogens is 2. The van der Waals surface area contributed by atoms with E-state index in [0.717, 1.165) is 31.4 Å². The van der Waals surface area contributed by atoms with Crippen LogP contribution in [0.2, 0.25) is 0 Å². The van der Waals surface area contributed by atoms with Crippen molar-refractivity contribution in [3.63, 3.8) is 0 Å². The Morgan fingerprint density at radius 1 is 1.05 bits per heavy atom. The Balaban J connectivity index is 2.34. The summed E-state index contributed by atoms with van der Waals surface area (Å²) in [6.45, 7) is 2.20. The molecule has 4 heteroatoms. The summed E-state index contributed by atoms with van der Waals surface area (Å²) >= 11 is 0. The molecule has 1 atom stereocenters. The van der Waals surface area contributed by atoms with Crippen LogP contribution in [0.4, 0.5) is 8.78 Å². The monoisotopic (exact) mass is 284 g/mol. The van der Waals surface area contributed by atoms with Crippen LogP contribution in [0.3, 0.4) is 0 Å². The number of hydrogen-bond donors (Lipinski definition) is 2. The summed E-state index contributed by atoms with van der Waals surface area (Å²) in [4.78, 5) is 0. The first-order valence-electron chi connectivity index (χ1n) is 7.60. The SMILES string of the molecule is CCCCCCCCCC(NN)c1cc(F)ccc1F. The van der Waals surface area contributed by atoms with Crippen molar-refractivity contribution >= 4 is 0 Å². The van der Waals surface area contributed by atoms with Crippen LogP contribution < -0.4 is 11.3 Å². The summed E-state index contributed by atoms with van der Waals surface area (Å²) < 4.78 is 26.8. The van der Waals surface area contributed by atoms with Crippen LogP contribution in [0, 0.1) is 11.6 Å². The second-order valence-electron chi connectivity index (χ2n) is 5.30. The van der Waals surface area contributed by atoms with Gasteiger partial charge in [-0.05, 0) is 24.6 Å². The molecule has 1 unspecified atom stereocenters. The first kappa shape index (κ1) is 17.1. The van der Waals surface area contributed by atoms with Gasteiger partial charge in [-0.1, -0.05) is 51.9 Å². The van der Waals surface area contributed by atoms with Crippen molar-refractivity contribution < 1.29 is 8.78 Å². The van der Waals surface area contributed by atoms with Gasteiger partial charge in [0, 0.05) is 11.6 Å². The zero-order valence-corrected chi connectivity index (χ0v) is 12.3. The molecule has 3 N–H and O–H groups in total. The molecule has 0 aliphatic carbocycles. The lowest BCUT2D eigenvalue weighted by Gasteiger charge is -2.17. The third kappa shape index (κ3) is 5.97. The van der Waals surface area contributed by atoms with Gasteiger partial charge < -0.3 is 0 Å². The van der Waals surface area contributed by atoms with Gasteiger partial charge in [-0.3, -0.25) is 11.3 Å². The third-order valence-electron chi connectivity index (χ3n) is 3.63. The average Bonchev–Trinajstić information content (AvgIpc) is 2.45. The Hall–Kier alpha value is -1.00. The first-order chi connectivity index (χ1) is 9.69. The number of benzene rings is 1. The molecule has 0 bridgehead atoms. The maximum Gasteiger partial charge on any atom is 0.128 e. The lowest BCUT2D eigenvalue weighted by Crippen LogP contribution is -2.28. The number of hydrogen-bond acceptors (Lipinski definition) is 2. The van der Waals surface area contributed by atoms with Gasteiger partial charge >= 0.3 is 0 Å². The van der Waals surface area contributed by atoms with E-state index in [9.17, 15) is 8.78 Å². The Labute approximate surface area is 120 Å². The van der Waals surface area contributed by atoms with Gasteiger partial charge in [0.05, 0.1) is 0 Å². The van der Waals surface area contributed by atoms with E-state index in [2.05, 4.69) is 12.3 Å². The van der Waals surface area contributed by atoms with Crippen molar-refractivity contribution in [3.05, 3.63) is 35.4 Å². The molecule has 0 heterocycles. The van der Waals surface area contributed by atoms with Crippen LogP contribution in [-0.4, -0.2) is 0 Å². The summed E-state index contributed by atoms with van der Waals surface area (Å²) in [6.07, 6.45) is 9.08. The van der Waals surface area contributed by atoms with Crippen LogP contribution in [0.25, 0.3) is 0 Å². The van der Waals surface area contributed by atoms with Gasteiger partial charge in [0.1, 0.15) is 11.6 Å². The topological polar surface area (TPSA) is 38.0 Å². The highest BCUT2D eigenvalue weighted by molar-refractivity contribution is 5.22. The summed E-state index contributed by atoms with van der Waals surface area (Å²) in [5, 5.41) is 0. The second kappa shape index (κ2) is 9.83. The number of hydrazine groups is 1. The van der Waals surface area contributed by atoms with E-state index in [0.29, 0.717) is 5.56 Å². The molecule has 0 spiro atoms. The van der Waals surface area contributed by atoms with Crippen molar-refractivity contribution in [3.8, 4) is 0 Å². The predicted octanol–water partition coefficient (Wildman–Crippen LogP) is 4.61. The normalized spacial score (nSPS) is 12.6. The minimum atomic E-state index is -0.429. The molecule has 0 amide bonds. The Bertz CT molecular complexity index is 383. The molecule has 0 aromatic heterocycles. The highest BCUT2D eigenvalue weighted by Crippen LogP contribution is 2.23. The summed E-state index contributed by atoms with van der Waals surface area (Å²) in [5.41, 5.74) is 2.91. The van der Waals surface area contributed by atoms with Crippen LogP contribution in [-0.2, 0) is 0 Å². The Morgan fingerprint density at radius 2 is 1.70 bits per heavy atom. The lowest BCUT2D eigenvalue weighted by molar-refractivity contribution is 0.453. The molecule has 0 radical (unpaired) electrons. The predicted molar refractivity (Wildman–Crippen MR) is 79.0 cm³/mol. The minimum Gasteiger partial charge on any atom is -0.271 e. The molecule has 20 heavy (non-hydrogen) atoms. The number of nitrogens with one attached hydrogen (secondary N) is 1. The molecular formula is C16H26F2N2. The summed E-state index contributed by atoms with van der Waals surface area (Å²) in [6, 6.07) is 3.18. The van der Waals surface area contributed by atoms with Crippen LogP contribution in [0.1, 0.15) is 69.9 Å². The number of unbranched alkanes of at least 4 members (excludes halogenated alkanes) is 6. The maximum atomic E-state index is 13.7. The third-order valence-corrected chi connectivity index (χ3v) is 3.63. The molecule has 0 saturated carbocycles.